The Morgan fingerprint density at radius 1 is 1.35 bits per heavy atom. The second-order valence-electron chi connectivity index (χ2n) is 7.36. The molecule has 3 rings (SSSR count). The Morgan fingerprint density at radius 2 is 2.09 bits per heavy atom. The van der Waals surface area contributed by atoms with Crippen LogP contribution in [0.2, 0.25) is 0 Å². The predicted molar refractivity (Wildman–Crippen MR) is 88.3 cm³/mol. The monoisotopic (exact) mass is 318 g/mol. The number of benzene rings is 1. The summed E-state index contributed by atoms with van der Waals surface area (Å²) in [6.07, 6.45) is 0.564. The molecule has 0 bridgehead atoms. The van der Waals surface area contributed by atoms with Crippen LogP contribution in [0.15, 0.2) is 30.3 Å². The highest BCUT2D eigenvalue weighted by molar-refractivity contribution is 5.68. The Balaban J connectivity index is 1.77. The normalized spacial score (nSPS) is 28.1. The number of carbonyl (C=O) groups excluding carboxylic acids is 1. The fourth-order valence-electron chi connectivity index (χ4n) is 3.44. The first-order valence-electron chi connectivity index (χ1n) is 8.30. The number of amides is 1. The van der Waals surface area contributed by atoms with Crippen molar-refractivity contribution in [2.24, 2.45) is 0 Å². The van der Waals surface area contributed by atoms with E-state index in [4.69, 9.17) is 9.47 Å². The lowest BCUT2D eigenvalue weighted by molar-refractivity contribution is -0.0902. The maximum atomic E-state index is 12.4. The predicted octanol–water partition coefficient (Wildman–Crippen LogP) is 2.73. The first kappa shape index (κ1) is 16.3. The van der Waals surface area contributed by atoms with Gasteiger partial charge in [0.05, 0.1) is 19.2 Å². The zero-order valence-corrected chi connectivity index (χ0v) is 14.2. The number of ether oxygens (including phenoxy) is 2. The number of carbonyl (C=O) groups is 1. The summed E-state index contributed by atoms with van der Waals surface area (Å²) in [5.74, 6) is 0. The van der Waals surface area contributed by atoms with Crippen molar-refractivity contribution in [2.45, 2.75) is 44.4 Å². The van der Waals surface area contributed by atoms with Gasteiger partial charge in [-0.25, -0.2) is 4.79 Å². The third kappa shape index (κ3) is 3.51. The number of morpholine rings is 1. The second-order valence-corrected chi connectivity index (χ2v) is 7.36. The van der Waals surface area contributed by atoms with E-state index in [0.717, 1.165) is 13.0 Å². The Kier molecular flexibility index (Phi) is 4.34. The second kappa shape index (κ2) is 6.13. The van der Waals surface area contributed by atoms with Gasteiger partial charge in [-0.3, -0.25) is 0 Å². The van der Waals surface area contributed by atoms with Crippen LogP contribution in [0.5, 0.6) is 0 Å². The molecule has 0 saturated carbocycles. The minimum Gasteiger partial charge on any atom is -0.444 e. The fraction of sp³-hybridized carbons (Fsp3) is 0.611. The molecular formula is C18H26N2O3. The van der Waals surface area contributed by atoms with Gasteiger partial charge in [-0.15, -0.1) is 0 Å². The topological polar surface area (TPSA) is 50.8 Å². The van der Waals surface area contributed by atoms with E-state index < -0.39 is 5.60 Å². The van der Waals surface area contributed by atoms with E-state index in [2.05, 4.69) is 17.4 Å². The van der Waals surface area contributed by atoms with Gasteiger partial charge in [-0.2, -0.15) is 0 Å². The third-order valence-corrected chi connectivity index (χ3v) is 4.41. The molecule has 2 saturated heterocycles. The minimum atomic E-state index is -0.475. The van der Waals surface area contributed by atoms with Gasteiger partial charge in [0, 0.05) is 13.1 Å². The van der Waals surface area contributed by atoms with E-state index in [1.165, 1.54) is 5.56 Å². The van der Waals surface area contributed by atoms with Gasteiger partial charge in [0.25, 0.3) is 0 Å². The molecule has 1 spiro atoms. The molecule has 1 aromatic carbocycles. The highest BCUT2D eigenvalue weighted by Crippen LogP contribution is 2.39. The molecule has 2 fully saturated rings. The Morgan fingerprint density at radius 3 is 2.78 bits per heavy atom. The summed E-state index contributed by atoms with van der Waals surface area (Å²) < 4.78 is 11.7. The van der Waals surface area contributed by atoms with Crippen LogP contribution in [0, 0.1) is 0 Å². The van der Waals surface area contributed by atoms with Crippen LogP contribution in [-0.4, -0.2) is 48.4 Å². The van der Waals surface area contributed by atoms with Crippen molar-refractivity contribution < 1.29 is 14.3 Å². The van der Waals surface area contributed by atoms with Crippen LogP contribution in [0.4, 0.5) is 4.79 Å². The summed E-state index contributed by atoms with van der Waals surface area (Å²) in [6, 6.07) is 10.4. The zero-order valence-electron chi connectivity index (χ0n) is 14.2. The Bertz CT molecular complexity index is 555. The summed E-state index contributed by atoms with van der Waals surface area (Å²) >= 11 is 0. The number of rotatable bonds is 1. The SMILES string of the molecule is CC(C)(C)OC(=O)N1CCC2(C1)OCCNC2c1ccccc1. The van der Waals surface area contributed by atoms with Crippen LogP contribution in [0.25, 0.3) is 0 Å². The molecule has 1 amide bonds. The maximum Gasteiger partial charge on any atom is 0.410 e. The van der Waals surface area contributed by atoms with Gasteiger partial charge in [0.1, 0.15) is 11.2 Å². The van der Waals surface area contributed by atoms with Gasteiger partial charge in [0.15, 0.2) is 0 Å². The first-order chi connectivity index (χ1) is 10.9. The van der Waals surface area contributed by atoms with Crippen molar-refractivity contribution in [3.63, 3.8) is 0 Å². The molecule has 23 heavy (non-hydrogen) atoms. The third-order valence-electron chi connectivity index (χ3n) is 4.41. The van der Waals surface area contributed by atoms with Crippen molar-refractivity contribution in [3.8, 4) is 0 Å². The van der Waals surface area contributed by atoms with Crippen molar-refractivity contribution in [3.05, 3.63) is 35.9 Å². The van der Waals surface area contributed by atoms with Gasteiger partial charge in [0.2, 0.25) is 0 Å². The summed E-state index contributed by atoms with van der Waals surface area (Å²) in [7, 11) is 0. The molecule has 2 heterocycles. The molecule has 1 N–H and O–H groups in total. The maximum absolute atomic E-state index is 12.4. The van der Waals surface area contributed by atoms with Gasteiger partial charge in [-0.05, 0) is 32.8 Å². The lowest BCUT2D eigenvalue weighted by Crippen LogP contribution is -2.54. The van der Waals surface area contributed by atoms with E-state index in [1.807, 2.05) is 39.0 Å². The highest BCUT2D eigenvalue weighted by atomic mass is 16.6. The number of hydrogen-bond donors (Lipinski definition) is 1. The minimum absolute atomic E-state index is 0.102. The number of nitrogens with one attached hydrogen (secondary N) is 1. The molecule has 1 aromatic rings. The quantitative estimate of drug-likeness (QED) is 0.865. The molecule has 0 radical (unpaired) electrons. The molecule has 2 atom stereocenters. The van der Waals surface area contributed by atoms with Crippen LogP contribution in [0.3, 0.4) is 0 Å². The molecule has 2 aliphatic rings. The van der Waals surface area contributed by atoms with Gasteiger partial charge in [-0.1, -0.05) is 30.3 Å². The summed E-state index contributed by atoms with van der Waals surface area (Å²) in [4.78, 5) is 14.1. The zero-order chi connectivity index (χ0) is 16.5. The van der Waals surface area contributed by atoms with E-state index in [-0.39, 0.29) is 17.7 Å². The molecule has 0 aliphatic carbocycles. The average molecular weight is 318 g/mol. The smallest absolute Gasteiger partial charge is 0.410 e. The molecule has 5 nitrogen and oxygen atoms in total. The molecular weight excluding hydrogens is 292 g/mol. The van der Waals surface area contributed by atoms with Crippen LogP contribution in [0.1, 0.15) is 38.8 Å². The molecule has 0 aromatic heterocycles. The number of likely N-dealkylation sites (tertiary alicyclic amines) is 1. The standard InChI is InChI=1S/C18H26N2O3/c1-17(2,3)23-16(21)20-11-9-18(13-20)15(19-10-12-22-18)14-7-5-4-6-8-14/h4-8,15,19H,9-13H2,1-3H3. The van der Waals surface area contributed by atoms with E-state index in [0.29, 0.717) is 19.7 Å². The van der Waals surface area contributed by atoms with Crippen LogP contribution < -0.4 is 5.32 Å². The van der Waals surface area contributed by atoms with Crippen LogP contribution >= 0.6 is 0 Å². The molecule has 5 heteroatoms. The Labute approximate surface area is 137 Å². The molecule has 126 valence electrons. The Hall–Kier alpha value is -1.59. The van der Waals surface area contributed by atoms with E-state index >= 15 is 0 Å². The lowest BCUT2D eigenvalue weighted by atomic mass is 9.86. The summed E-state index contributed by atoms with van der Waals surface area (Å²) in [5.41, 5.74) is 0.367. The number of nitrogens with zero attached hydrogens (tertiary/aromatic N) is 1. The van der Waals surface area contributed by atoms with Crippen molar-refractivity contribution in [2.75, 3.05) is 26.2 Å². The lowest BCUT2D eigenvalue weighted by Gasteiger charge is -2.42. The van der Waals surface area contributed by atoms with Gasteiger partial charge < -0.3 is 19.7 Å². The van der Waals surface area contributed by atoms with Crippen molar-refractivity contribution >= 4 is 6.09 Å². The van der Waals surface area contributed by atoms with Gasteiger partial charge >= 0.3 is 6.09 Å². The average Bonchev–Trinajstić information content (AvgIpc) is 2.92. The van der Waals surface area contributed by atoms with Crippen molar-refractivity contribution in [1.82, 2.24) is 10.2 Å². The first-order valence-corrected chi connectivity index (χ1v) is 8.30. The fourth-order valence-corrected chi connectivity index (χ4v) is 3.44. The number of hydrogen-bond acceptors (Lipinski definition) is 4. The van der Waals surface area contributed by atoms with E-state index in [9.17, 15) is 4.79 Å². The van der Waals surface area contributed by atoms with Crippen LogP contribution in [-0.2, 0) is 9.47 Å². The largest absolute Gasteiger partial charge is 0.444 e. The van der Waals surface area contributed by atoms with E-state index in [1.54, 1.807) is 4.90 Å². The summed E-state index contributed by atoms with van der Waals surface area (Å²) in [5, 5.41) is 3.57. The summed E-state index contributed by atoms with van der Waals surface area (Å²) in [6.45, 7) is 8.40. The highest BCUT2D eigenvalue weighted by Gasteiger charge is 2.49. The van der Waals surface area contributed by atoms with Crippen molar-refractivity contribution in [1.29, 1.82) is 0 Å². The molecule has 2 aliphatic heterocycles. The molecule has 2 unspecified atom stereocenters.